The van der Waals surface area contributed by atoms with E-state index in [2.05, 4.69) is 4.74 Å². The molecule has 1 aromatic carbocycles. The predicted octanol–water partition coefficient (Wildman–Crippen LogP) is 1.31. The number of nitrogens with zero attached hydrogens (tertiary/aromatic N) is 1. The lowest BCUT2D eigenvalue weighted by Gasteiger charge is -2.26. The van der Waals surface area contributed by atoms with Crippen molar-refractivity contribution in [2.45, 2.75) is 25.2 Å². The molecule has 26 heavy (non-hydrogen) atoms. The maximum atomic E-state index is 13.8. The number of aromatic carboxylic acids is 1. The molecule has 1 unspecified atom stereocenters. The number of carboxylic acid groups (broad SMARTS) is 1. The van der Waals surface area contributed by atoms with Crippen LogP contribution in [0.5, 0.6) is 0 Å². The van der Waals surface area contributed by atoms with Gasteiger partial charge in [-0.1, -0.05) is 0 Å². The highest BCUT2D eigenvalue weighted by atomic mass is 19.4. The Morgan fingerprint density at radius 2 is 1.92 bits per heavy atom. The predicted molar refractivity (Wildman–Crippen MR) is 79.4 cm³/mol. The molecule has 3 N–H and O–H groups in total. The number of amides is 1. The summed E-state index contributed by atoms with van der Waals surface area (Å²) in [7, 11) is 1.01. The maximum Gasteiger partial charge on any atom is 0.406 e. The fraction of sp³-hybridized carbons (Fsp3) is 0.400. The zero-order valence-corrected chi connectivity index (χ0v) is 13.5. The van der Waals surface area contributed by atoms with E-state index in [0.717, 1.165) is 25.3 Å². The van der Waals surface area contributed by atoms with Gasteiger partial charge in [0.1, 0.15) is 12.4 Å². The van der Waals surface area contributed by atoms with Crippen LogP contribution in [0.4, 0.5) is 17.6 Å². The fourth-order valence-corrected chi connectivity index (χ4v) is 2.05. The second-order valence-corrected chi connectivity index (χ2v) is 5.31. The smallest absolute Gasteiger partial charge is 0.406 e. The van der Waals surface area contributed by atoms with Crippen molar-refractivity contribution in [3.05, 3.63) is 35.1 Å². The summed E-state index contributed by atoms with van der Waals surface area (Å²) in [5, 5.41) is 8.89. The highest BCUT2D eigenvalue weighted by Crippen LogP contribution is 2.21. The molecule has 144 valence electrons. The second-order valence-electron chi connectivity index (χ2n) is 5.31. The lowest BCUT2D eigenvalue weighted by molar-refractivity contribution is -0.164. The van der Waals surface area contributed by atoms with Gasteiger partial charge in [-0.25, -0.2) is 9.18 Å². The number of nitrogens with two attached hydrogens (primary N) is 1. The molecule has 1 rings (SSSR count). The average Bonchev–Trinajstić information content (AvgIpc) is 2.53. The molecule has 1 atom stereocenters. The van der Waals surface area contributed by atoms with Crippen LogP contribution in [0.1, 0.15) is 22.3 Å². The standard InChI is InChI=1S/C15H16F4N2O5/c1-26-12(22)5-11(20)13(23)21(7-15(17,18)19)6-9-4-8(14(24)25)2-3-10(9)16/h2-4,11H,5-7,20H2,1H3,(H,24,25). The van der Waals surface area contributed by atoms with E-state index in [1.54, 1.807) is 0 Å². The molecule has 0 aromatic heterocycles. The third kappa shape index (κ3) is 6.31. The number of rotatable bonds is 7. The van der Waals surface area contributed by atoms with Gasteiger partial charge in [0.2, 0.25) is 5.91 Å². The summed E-state index contributed by atoms with van der Waals surface area (Å²) < 4.78 is 56.4. The number of carbonyl (C=O) groups excluding carboxylic acids is 2. The van der Waals surface area contributed by atoms with Crippen LogP contribution in [-0.4, -0.2) is 53.7 Å². The van der Waals surface area contributed by atoms with E-state index in [4.69, 9.17) is 10.8 Å². The zero-order chi connectivity index (χ0) is 20.1. The van der Waals surface area contributed by atoms with Crippen molar-refractivity contribution in [2.75, 3.05) is 13.7 Å². The number of halogens is 4. The number of ether oxygens (including phenoxy) is 1. The molecule has 7 nitrogen and oxygen atoms in total. The van der Waals surface area contributed by atoms with E-state index in [1.165, 1.54) is 0 Å². The first-order chi connectivity index (χ1) is 11.9. The maximum absolute atomic E-state index is 13.8. The van der Waals surface area contributed by atoms with Crippen molar-refractivity contribution in [3.8, 4) is 0 Å². The second kappa shape index (κ2) is 8.61. The number of alkyl halides is 3. The summed E-state index contributed by atoms with van der Waals surface area (Å²) >= 11 is 0. The molecular weight excluding hydrogens is 364 g/mol. The Morgan fingerprint density at radius 1 is 1.31 bits per heavy atom. The van der Waals surface area contributed by atoms with Crippen molar-refractivity contribution < 1.29 is 41.8 Å². The number of esters is 1. The Balaban J connectivity index is 3.11. The molecule has 0 aliphatic carbocycles. The quantitative estimate of drug-likeness (QED) is 0.545. The lowest BCUT2D eigenvalue weighted by Crippen LogP contribution is -2.48. The van der Waals surface area contributed by atoms with Gasteiger partial charge >= 0.3 is 18.1 Å². The van der Waals surface area contributed by atoms with Crippen LogP contribution in [0.25, 0.3) is 0 Å². The van der Waals surface area contributed by atoms with Crippen molar-refractivity contribution in [3.63, 3.8) is 0 Å². The number of hydrogen-bond donors (Lipinski definition) is 2. The van der Waals surface area contributed by atoms with Gasteiger partial charge in [0, 0.05) is 12.1 Å². The lowest BCUT2D eigenvalue weighted by atomic mass is 10.1. The normalized spacial score (nSPS) is 12.4. The van der Waals surface area contributed by atoms with Gasteiger partial charge in [-0.2, -0.15) is 13.2 Å². The Morgan fingerprint density at radius 3 is 2.42 bits per heavy atom. The highest BCUT2D eigenvalue weighted by molar-refractivity contribution is 5.88. The minimum atomic E-state index is -4.82. The van der Waals surface area contributed by atoms with Gasteiger partial charge in [-0.15, -0.1) is 0 Å². The molecule has 0 aliphatic heterocycles. The Hall–Kier alpha value is -2.69. The molecule has 0 saturated carbocycles. The van der Waals surface area contributed by atoms with Crippen LogP contribution in [-0.2, 0) is 20.9 Å². The summed E-state index contributed by atoms with van der Waals surface area (Å²) in [6, 6.07) is 0.888. The van der Waals surface area contributed by atoms with E-state index >= 15 is 0 Å². The number of hydrogen-bond acceptors (Lipinski definition) is 5. The molecule has 0 radical (unpaired) electrons. The van der Waals surface area contributed by atoms with E-state index in [-0.39, 0.29) is 10.5 Å². The molecule has 0 saturated heterocycles. The third-order valence-corrected chi connectivity index (χ3v) is 3.27. The van der Waals surface area contributed by atoms with Crippen molar-refractivity contribution in [1.29, 1.82) is 0 Å². The summed E-state index contributed by atoms with van der Waals surface area (Å²) in [6.45, 7) is -2.63. The molecule has 1 aromatic rings. The van der Waals surface area contributed by atoms with Gasteiger partial charge in [0.25, 0.3) is 0 Å². The van der Waals surface area contributed by atoms with Crippen molar-refractivity contribution >= 4 is 17.8 Å². The number of carboxylic acids is 1. The Kier molecular flexibility index (Phi) is 7.07. The largest absolute Gasteiger partial charge is 0.478 e. The fourth-order valence-electron chi connectivity index (χ4n) is 2.05. The summed E-state index contributed by atoms with van der Waals surface area (Å²) in [5.41, 5.74) is 4.64. The highest BCUT2D eigenvalue weighted by Gasteiger charge is 2.35. The van der Waals surface area contributed by atoms with E-state index < -0.39 is 61.0 Å². The van der Waals surface area contributed by atoms with Gasteiger partial charge in [-0.3, -0.25) is 9.59 Å². The summed E-state index contributed by atoms with van der Waals surface area (Å²) in [4.78, 5) is 34.4. The van der Waals surface area contributed by atoms with Crippen LogP contribution in [0.15, 0.2) is 18.2 Å². The molecule has 1 amide bonds. The average molecular weight is 380 g/mol. The number of benzene rings is 1. The van der Waals surface area contributed by atoms with Gasteiger partial charge in [-0.05, 0) is 18.2 Å². The Bertz CT molecular complexity index is 693. The molecule has 11 heteroatoms. The summed E-state index contributed by atoms with van der Waals surface area (Å²) in [5.74, 6) is -4.57. The zero-order valence-electron chi connectivity index (χ0n) is 13.5. The van der Waals surface area contributed by atoms with Crippen LogP contribution >= 0.6 is 0 Å². The van der Waals surface area contributed by atoms with Crippen molar-refractivity contribution in [2.24, 2.45) is 5.73 Å². The topological polar surface area (TPSA) is 110 Å². The molecule has 0 heterocycles. The summed E-state index contributed by atoms with van der Waals surface area (Å²) in [6.07, 6.45) is -5.48. The van der Waals surface area contributed by atoms with E-state index in [1.807, 2.05) is 0 Å². The monoisotopic (exact) mass is 380 g/mol. The molecule has 0 bridgehead atoms. The Labute approximate surface area is 145 Å². The molecular formula is C15H16F4N2O5. The first-order valence-electron chi connectivity index (χ1n) is 7.14. The van der Waals surface area contributed by atoms with Gasteiger partial charge in [0.15, 0.2) is 0 Å². The minimum Gasteiger partial charge on any atom is -0.478 e. The van der Waals surface area contributed by atoms with Gasteiger partial charge in [0.05, 0.1) is 25.1 Å². The number of methoxy groups -OCH3 is 1. The van der Waals surface area contributed by atoms with E-state index in [0.29, 0.717) is 0 Å². The SMILES string of the molecule is COC(=O)CC(N)C(=O)N(Cc1cc(C(=O)O)ccc1F)CC(F)(F)F. The van der Waals surface area contributed by atoms with Crippen LogP contribution in [0.3, 0.4) is 0 Å². The number of carbonyl (C=O) groups is 3. The third-order valence-electron chi connectivity index (χ3n) is 3.27. The minimum absolute atomic E-state index is 0.206. The van der Waals surface area contributed by atoms with Crippen LogP contribution < -0.4 is 5.73 Å². The van der Waals surface area contributed by atoms with Crippen molar-refractivity contribution in [1.82, 2.24) is 4.90 Å². The first kappa shape index (κ1) is 21.4. The molecule has 0 aliphatic rings. The van der Waals surface area contributed by atoms with Crippen LogP contribution in [0, 0.1) is 5.82 Å². The molecule has 0 spiro atoms. The van der Waals surface area contributed by atoms with E-state index in [9.17, 15) is 31.9 Å². The first-order valence-corrected chi connectivity index (χ1v) is 7.14. The molecule has 0 fully saturated rings. The van der Waals surface area contributed by atoms with Crippen LogP contribution in [0.2, 0.25) is 0 Å². The van der Waals surface area contributed by atoms with Gasteiger partial charge < -0.3 is 20.5 Å².